The van der Waals surface area contributed by atoms with Gasteiger partial charge in [0, 0.05) is 29.8 Å². The first-order valence-corrected chi connectivity index (χ1v) is 11.6. The molecule has 1 fully saturated rings. The van der Waals surface area contributed by atoms with E-state index in [1.165, 1.54) is 23.3 Å². The molecule has 5 heteroatoms. The number of para-hydroxylation sites is 1. The summed E-state index contributed by atoms with van der Waals surface area (Å²) < 4.78 is 25.7. The highest BCUT2D eigenvalue weighted by atomic mass is 19.3. The van der Waals surface area contributed by atoms with Gasteiger partial charge in [0.2, 0.25) is 5.91 Å². The third-order valence-corrected chi connectivity index (χ3v) is 7.18. The van der Waals surface area contributed by atoms with E-state index in [2.05, 4.69) is 41.3 Å². The van der Waals surface area contributed by atoms with Gasteiger partial charge in [-0.3, -0.25) is 9.69 Å². The highest BCUT2D eigenvalue weighted by Crippen LogP contribution is 2.47. The Morgan fingerprint density at radius 3 is 2.21 bits per heavy atom. The summed E-state index contributed by atoms with van der Waals surface area (Å²) in [6.45, 7) is 3.65. The number of piperidine rings is 1. The van der Waals surface area contributed by atoms with Gasteiger partial charge in [-0.2, -0.15) is 0 Å². The van der Waals surface area contributed by atoms with Crippen molar-refractivity contribution in [2.75, 3.05) is 24.5 Å². The standard InChI is InChI=1S/C28H28F2N2O/c29-27(30)23-12-10-21(11-13-23)18-26(33)32-20-28(24-8-4-5-9-25(24)32)14-16-31(17-15-28)19-22-6-2-1-3-7-22/h1-13,27H,14-20H2. The first kappa shape index (κ1) is 21.8. The predicted octanol–water partition coefficient (Wildman–Crippen LogP) is 5.75. The van der Waals surface area contributed by atoms with Gasteiger partial charge in [-0.1, -0.05) is 72.8 Å². The lowest BCUT2D eigenvalue weighted by molar-refractivity contribution is -0.118. The molecule has 2 aliphatic heterocycles. The normalized spacial score (nSPS) is 17.5. The lowest BCUT2D eigenvalue weighted by atomic mass is 9.74. The summed E-state index contributed by atoms with van der Waals surface area (Å²) in [6, 6.07) is 24.9. The SMILES string of the molecule is O=C(Cc1ccc(C(F)F)cc1)N1CC2(CCN(Cc3ccccc3)CC2)c2ccccc21. The largest absolute Gasteiger partial charge is 0.311 e. The number of nitrogens with zero attached hydrogens (tertiary/aromatic N) is 2. The molecule has 1 saturated heterocycles. The van der Waals surface area contributed by atoms with Crippen molar-refractivity contribution in [1.29, 1.82) is 0 Å². The highest BCUT2D eigenvalue weighted by molar-refractivity contribution is 5.97. The third kappa shape index (κ3) is 4.42. The number of alkyl halides is 2. The van der Waals surface area contributed by atoms with E-state index in [0.717, 1.165) is 43.7 Å². The molecule has 3 aromatic carbocycles. The van der Waals surface area contributed by atoms with E-state index in [1.807, 2.05) is 23.1 Å². The van der Waals surface area contributed by atoms with Crippen LogP contribution >= 0.6 is 0 Å². The van der Waals surface area contributed by atoms with Crippen molar-refractivity contribution in [2.45, 2.75) is 37.6 Å². The number of fused-ring (bicyclic) bond motifs is 2. The van der Waals surface area contributed by atoms with Crippen molar-refractivity contribution in [2.24, 2.45) is 0 Å². The Morgan fingerprint density at radius 1 is 0.848 bits per heavy atom. The molecule has 0 unspecified atom stereocenters. The van der Waals surface area contributed by atoms with Gasteiger partial charge in [0.1, 0.15) is 0 Å². The van der Waals surface area contributed by atoms with Crippen LogP contribution in [0, 0.1) is 0 Å². The van der Waals surface area contributed by atoms with Gasteiger partial charge in [0.05, 0.1) is 6.42 Å². The van der Waals surface area contributed by atoms with Crippen LogP contribution in [0.2, 0.25) is 0 Å². The fraction of sp³-hybridized carbons (Fsp3) is 0.321. The fourth-order valence-electron chi connectivity index (χ4n) is 5.31. The quantitative estimate of drug-likeness (QED) is 0.498. The first-order chi connectivity index (χ1) is 16.0. The molecule has 3 aromatic rings. The monoisotopic (exact) mass is 446 g/mol. The summed E-state index contributed by atoms with van der Waals surface area (Å²) in [7, 11) is 0. The average molecular weight is 447 g/mol. The molecule has 0 N–H and O–H groups in total. The summed E-state index contributed by atoms with van der Waals surface area (Å²) in [5.41, 5.74) is 4.34. The number of benzene rings is 3. The second-order valence-corrected chi connectivity index (χ2v) is 9.26. The molecule has 0 bridgehead atoms. The maximum Gasteiger partial charge on any atom is 0.263 e. The minimum absolute atomic E-state index is 0.0149. The van der Waals surface area contributed by atoms with E-state index in [-0.39, 0.29) is 23.3 Å². The molecule has 3 nitrogen and oxygen atoms in total. The Morgan fingerprint density at radius 2 is 1.52 bits per heavy atom. The van der Waals surface area contributed by atoms with Gasteiger partial charge in [-0.25, -0.2) is 8.78 Å². The van der Waals surface area contributed by atoms with Gasteiger partial charge >= 0.3 is 0 Å². The van der Waals surface area contributed by atoms with Crippen LogP contribution in [-0.2, 0) is 23.2 Å². The number of halogens is 2. The number of likely N-dealkylation sites (tertiary alicyclic amines) is 1. The number of carbonyl (C=O) groups excluding carboxylic acids is 1. The maximum atomic E-state index is 13.3. The van der Waals surface area contributed by atoms with Crippen LogP contribution in [0.25, 0.3) is 0 Å². The van der Waals surface area contributed by atoms with Gasteiger partial charge in [-0.05, 0) is 48.7 Å². The topological polar surface area (TPSA) is 23.6 Å². The number of anilines is 1. The molecule has 0 saturated carbocycles. The number of hydrogen-bond acceptors (Lipinski definition) is 2. The lowest BCUT2D eigenvalue weighted by Gasteiger charge is -2.40. The summed E-state index contributed by atoms with van der Waals surface area (Å²) >= 11 is 0. The third-order valence-electron chi connectivity index (χ3n) is 7.18. The second kappa shape index (κ2) is 9.06. The fourth-order valence-corrected chi connectivity index (χ4v) is 5.31. The Balaban J connectivity index is 1.30. The maximum absolute atomic E-state index is 13.3. The molecule has 1 spiro atoms. The molecule has 5 rings (SSSR count). The van der Waals surface area contributed by atoms with Crippen molar-refractivity contribution >= 4 is 11.6 Å². The molecule has 170 valence electrons. The number of hydrogen-bond donors (Lipinski definition) is 0. The van der Waals surface area contributed by atoms with Gasteiger partial charge in [0.25, 0.3) is 6.43 Å². The van der Waals surface area contributed by atoms with Crippen molar-refractivity contribution < 1.29 is 13.6 Å². The van der Waals surface area contributed by atoms with Gasteiger partial charge in [0.15, 0.2) is 0 Å². The molecule has 0 aliphatic carbocycles. The zero-order valence-electron chi connectivity index (χ0n) is 18.6. The lowest BCUT2D eigenvalue weighted by Crippen LogP contribution is -2.46. The summed E-state index contributed by atoms with van der Waals surface area (Å²) in [5.74, 6) is 0.0239. The first-order valence-electron chi connectivity index (χ1n) is 11.6. The smallest absolute Gasteiger partial charge is 0.263 e. The minimum atomic E-state index is -2.49. The second-order valence-electron chi connectivity index (χ2n) is 9.26. The van der Waals surface area contributed by atoms with Crippen molar-refractivity contribution in [1.82, 2.24) is 4.90 Å². The van der Waals surface area contributed by atoms with Gasteiger partial charge in [-0.15, -0.1) is 0 Å². The summed E-state index contributed by atoms with van der Waals surface area (Å²) in [6.07, 6.45) is -0.241. The van der Waals surface area contributed by atoms with Gasteiger partial charge < -0.3 is 4.90 Å². The van der Waals surface area contributed by atoms with Crippen molar-refractivity contribution in [3.05, 3.63) is 101 Å². The zero-order chi connectivity index (χ0) is 22.8. The van der Waals surface area contributed by atoms with Crippen molar-refractivity contribution in [3.63, 3.8) is 0 Å². The zero-order valence-corrected chi connectivity index (χ0v) is 18.6. The van der Waals surface area contributed by atoms with Crippen LogP contribution in [0.1, 0.15) is 41.5 Å². The van der Waals surface area contributed by atoms with Crippen LogP contribution in [0.4, 0.5) is 14.5 Å². The molecule has 1 amide bonds. The Kier molecular flexibility index (Phi) is 5.98. The van der Waals surface area contributed by atoms with Crippen LogP contribution < -0.4 is 4.90 Å². The number of amides is 1. The summed E-state index contributed by atoms with van der Waals surface area (Å²) in [5, 5.41) is 0. The van der Waals surface area contributed by atoms with E-state index >= 15 is 0 Å². The Bertz CT molecular complexity index is 1110. The number of rotatable bonds is 5. The van der Waals surface area contributed by atoms with Crippen LogP contribution in [0.5, 0.6) is 0 Å². The molecule has 2 aliphatic rings. The molecule has 0 aromatic heterocycles. The van der Waals surface area contributed by atoms with E-state index in [4.69, 9.17) is 0 Å². The molecule has 33 heavy (non-hydrogen) atoms. The molecular weight excluding hydrogens is 418 g/mol. The molecule has 0 atom stereocenters. The van der Waals surface area contributed by atoms with Crippen LogP contribution in [0.15, 0.2) is 78.9 Å². The van der Waals surface area contributed by atoms with Crippen LogP contribution in [-0.4, -0.2) is 30.4 Å². The highest BCUT2D eigenvalue weighted by Gasteiger charge is 2.45. The molecule has 0 radical (unpaired) electrons. The van der Waals surface area contributed by atoms with Crippen LogP contribution in [0.3, 0.4) is 0 Å². The van der Waals surface area contributed by atoms with E-state index in [1.54, 1.807) is 12.1 Å². The van der Waals surface area contributed by atoms with E-state index < -0.39 is 6.43 Å². The number of carbonyl (C=O) groups is 1. The predicted molar refractivity (Wildman–Crippen MR) is 127 cm³/mol. The minimum Gasteiger partial charge on any atom is -0.311 e. The molecular formula is C28H28F2N2O. The van der Waals surface area contributed by atoms with E-state index in [0.29, 0.717) is 6.54 Å². The average Bonchev–Trinajstić information content (AvgIpc) is 3.16. The summed E-state index contributed by atoms with van der Waals surface area (Å²) in [4.78, 5) is 17.7. The molecule has 2 heterocycles. The Labute approximate surface area is 193 Å². The van der Waals surface area contributed by atoms with E-state index in [9.17, 15) is 13.6 Å². The van der Waals surface area contributed by atoms with Crippen molar-refractivity contribution in [3.8, 4) is 0 Å². The Hall–Kier alpha value is -3.05.